The van der Waals surface area contributed by atoms with Crippen LogP contribution >= 0.6 is 0 Å². The highest BCUT2D eigenvalue weighted by Gasteiger charge is 2.10. The van der Waals surface area contributed by atoms with Crippen LogP contribution in [0.4, 0.5) is 0 Å². The summed E-state index contributed by atoms with van der Waals surface area (Å²) in [5.41, 5.74) is 7.59. The summed E-state index contributed by atoms with van der Waals surface area (Å²) in [6.07, 6.45) is 3.25. The molecule has 6 heteroatoms. The van der Waals surface area contributed by atoms with E-state index in [1.54, 1.807) is 0 Å². The van der Waals surface area contributed by atoms with E-state index in [1.165, 1.54) is 19.8 Å². The monoisotopic (exact) mass is 231 g/mol. The fourth-order valence-corrected chi connectivity index (χ4v) is 0.958. The summed E-state index contributed by atoms with van der Waals surface area (Å²) < 4.78 is 0. The maximum absolute atomic E-state index is 10.8. The summed E-state index contributed by atoms with van der Waals surface area (Å²) in [6, 6.07) is 0. The lowest BCUT2D eigenvalue weighted by molar-refractivity contribution is -0.156. The molecule has 4 N–H and O–H groups in total. The van der Waals surface area contributed by atoms with Gasteiger partial charge in [-0.3, -0.25) is 4.99 Å². The molecule has 0 aliphatic rings. The lowest BCUT2D eigenvalue weighted by atomic mass is 10.2. The van der Waals surface area contributed by atoms with Crippen molar-refractivity contribution in [3.63, 3.8) is 0 Å². The van der Waals surface area contributed by atoms with Gasteiger partial charge in [0, 0.05) is 6.54 Å². The summed E-state index contributed by atoms with van der Waals surface area (Å²) in [6.45, 7) is 4.04. The molecule has 0 aliphatic carbocycles. The van der Waals surface area contributed by atoms with Crippen molar-refractivity contribution < 1.29 is 14.7 Å². The van der Waals surface area contributed by atoms with Gasteiger partial charge in [-0.05, 0) is 13.3 Å². The number of hydrogen-bond donors (Lipinski definition) is 3. The highest BCUT2D eigenvalue weighted by molar-refractivity contribution is 5.80. The molecule has 0 fully saturated rings. The summed E-state index contributed by atoms with van der Waals surface area (Å²) in [5.74, 6) is -0.741. The van der Waals surface area contributed by atoms with E-state index in [0.29, 0.717) is 6.54 Å². The lowest BCUT2D eigenvalue weighted by Crippen LogP contribution is -2.36. The van der Waals surface area contributed by atoms with Gasteiger partial charge in [0.2, 0.25) is 5.96 Å². The number of aliphatic hydroxyl groups excluding tert-OH is 1. The minimum atomic E-state index is -1.18. The van der Waals surface area contributed by atoms with Crippen molar-refractivity contribution in [2.45, 2.75) is 45.6 Å². The molecular weight excluding hydrogens is 210 g/mol. The molecule has 0 aromatic carbocycles. The molecule has 0 amide bonds. The van der Waals surface area contributed by atoms with Crippen molar-refractivity contribution in [2.75, 3.05) is 6.54 Å². The van der Waals surface area contributed by atoms with Gasteiger partial charge < -0.3 is 15.7 Å². The Morgan fingerprint density at radius 1 is 1.50 bits per heavy atom. The molecule has 0 aromatic heterocycles. The Morgan fingerprint density at radius 3 is 2.75 bits per heavy atom. The molecule has 16 heavy (non-hydrogen) atoms. The fraction of sp³-hybridized carbons (Fsp3) is 0.800. The van der Waals surface area contributed by atoms with E-state index in [9.17, 15) is 4.79 Å². The minimum Gasteiger partial charge on any atom is -0.382 e. The molecule has 0 spiro atoms. The molecule has 6 nitrogen and oxygen atoms in total. The molecule has 0 radical (unpaired) electrons. The smallest absolute Gasteiger partial charge is 0.360 e. The zero-order chi connectivity index (χ0) is 12.4. The van der Waals surface area contributed by atoms with Crippen LogP contribution < -0.4 is 11.2 Å². The molecule has 1 unspecified atom stereocenters. The number of hydroxylamine groups is 1. The second-order valence-corrected chi connectivity index (χ2v) is 3.53. The number of nitrogens with one attached hydrogen (secondary N) is 1. The molecule has 0 bridgehead atoms. The second kappa shape index (κ2) is 8.96. The third kappa shape index (κ3) is 8.05. The number of carbonyl (C=O) groups excluding carboxylic acids is 1. The van der Waals surface area contributed by atoms with Crippen LogP contribution in [0.15, 0.2) is 4.99 Å². The average molecular weight is 231 g/mol. The van der Waals surface area contributed by atoms with E-state index >= 15 is 0 Å². The number of nitrogens with two attached hydrogens (primary N) is 1. The standard InChI is InChI=1S/C10H21N3O3/c1-3-4-5-6-7-12-10(11)13-16-9(15)8(2)14/h8,14H,3-7H2,1-2H3,(H3,11,12,13). The topological polar surface area (TPSA) is 96.9 Å². The molecule has 0 saturated heterocycles. The van der Waals surface area contributed by atoms with Crippen molar-refractivity contribution in [1.82, 2.24) is 5.48 Å². The lowest BCUT2D eigenvalue weighted by Gasteiger charge is -2.07. The SMILES string of the molecule is CCCCCCN=C(N)NOC(=O)C(C)O. The Hall–Kier alpha value is -1.30. The maximum atomic E-state index is 10.8. The van der Waals surface area contributed by atoms with Crippen LogP contribution in [-0.4, -0.2) is 29.7 Å². The highest BCUT2D eigenvalue weighted by atomic mass is 16.7. The average Bonchev–Trinajstić information content (AvgIpc) is 2.25. The van der Waals surface area contributed by atoms with Crippen molar-refractivity contribution >= 4 is 11.9 Å². The van der Waals surface area contributed by atoms with Crippen LogP contribution in [0, 0.1) is 0 Å². The Labute approximate surface area is 95.8 Å². The molecular formula is C10H21N3O3. The first-order valence-corrected chi connectivity index (χ1v) is 5.52. The van der Waals surface area contributed by atoms with Crippen molar-refractivity contribution in [3.05, 3.63) is 0 Å². The Kier molecular flexibility index (Phi) is 8.24. The number of unbranched alkanes of at least 4 members (excludes halogenated alkanes) is 3. The van der Waals surface area contributed by atoms with Gasteiger partial charge in [-0.25, -0.2) is 4.79 Å². The van der Waals surface area contributed by atoms with Crippen LogP contribution in [0.5, 0.6) is 0 Å². The van der Waals surface area contributed by atoms with Crippen LogP contribution in [0.25, 0.3) is 0 Å². The number of guanidine groups is 1. The number of rotatable bonds is 6. The van der Waals surface area contributed by atoms with Crippen LogP contribution in [0.3, 0.4) is 0 Å². The zero-order valence-electron chi connectivity index (χ0n) is 9.90. The Morgan fingerprint density at radius 2 is 2.19 bits per heavy atom. The van der Waals surface area contributed by atoms with Gasteiger partial charge in [-0.1, -0.05) is 26.2 Å². The predicted octanol–water partition coefficient (Wildman–Crippen LogP) is 0.310. The number of hydrogen-bond acceptors (Lipinski definition) is 4. The van der Waals surface area contributed by atoms with E-state index < -0.39 is 12.1 Å². The van der Waals surface area contributed by atoms with Crippen molar-refractivity contribution in [2.24, 2.45) is 10.7 Å². The molecule has 94 valence electrons. The predicted molar refractivity (Wildman–Crippen MR) is 61.5 cm³/mol. The van der Waals surface area contributed by atoms with Crippen molar-refractivity contribution in [3.8, 4) is 0 Å². The summed E-state index contributed by atoms with van der Waals surface area (Å²) >= 11 is 0. The third-order valence-electron chi connectivity index (χ3n) is 1.89. The Bertz CT molecular complexity index is 229. The third-order valence-corrected chi connectivity index (χ3v) is 1.89. The van der Waals surface area contributed by atoms with Crippen LogP contribution in [-0.2, 0) is 9.63 Å². The van der Waals surface area contributed by atoms with E-state index in [4.69, 9.17) is 10.8 Å². The maximum Gasteiger partial charge on any atom is 0.360 e. The molecule has 0 aliphatic heterocycles. The number of carbonyl (C=O) groups is 1. The Balaban J connectivity index is 3.59. The number of aliphatic hydroxyl groups is 1. The van der Waals surface area contributed by atoms with Gasteiger partial charge in [-0.15, -0.1) is 0 Å². The number of nitrogens with zero attached hydrogens (tertiary/aromatic N) is 1. The van der Waals surface area contributed by atoms with E-state index in [0.717, 1.165) is 12.8 Å². The normalized spacial score (nSPS) is 13.3. The van der Waals surface area contributed by atoms with Gasteiger partial charge in [-0.2, -0.15) is 5.48 Å². The molecule has 0 aromatic rings. The summed E-state index contributed by atoms with van der Waals surface area (Å²) in [7, 11) is 0. The van der Waals surface area contributed by atoms with Gasteiger partial charge in [0.25, 0.3) is 0 Å². The van der Waals surface area contributed by atoms with E-state index in [2.05, 4.69) is 22.2 Å². The first-order chi connectivity index (χ1) is 7.57. The van der Waals surface area contributed by atoms with Gasteiger partial charge in [0.15, 0.2) is 6.10 Å². The molecule has 0 saturated carbocycles. The van der Waals surface area contributed by atoms with Crippen molar-refractivity contribution in [1.29, 1.82) is 0 Å². The second-order valence-electron chi connectivity index (χ2n) is 3.53. The highest BCUT2D eigenvalue weighted by Crippen LogP contribution is 1.98. The van der Waals surface area contributed by atoms with Gasteiger partial charge >= 0.3 is 5.97 Å². The van der Waals surface area contributed by atoms with Crippen LogP contribution in [0.2, 0.25) is 0 Å². The van der Waals surface area contributed by atoms with E-state index in [1.807, 2.05) is 0 Å². The fourth-order valence-electron chi connectivity index (χ4n) is 0.958. The largest absolute Gasteiger partial charge is 0.382 e. The quantitative estimate of drug-likeness (QED) is 0.264. The van der Waals surface area contributed by atoms with Gasteiger partial charge in [0.1, 0.15) is 0 Å². The first-order valence-electron chi connectivity index (χ1n) is 5.52. The van der Waals surface area contributed by atoms with Gasteiger partial charge in [0.05, 0.1) is 0 Å². The number of aliphatic imine (C=N–C) groups is 1. The summed E-state index contributed by atoms with van der Waals surface area (Å²) in [5, 5.41) is 8.81. The molecule has 0 heterocycles. The van der Waals surface area contributed by atoms with Crippen LogP contribution in [0.1, 0.15) is 39.5 Å². The molecule has 1 atom stereocenters. The summed E-state index contributed by atoms with van der Waals surface area (Å²) in [4.78, 5) is 19.2. The zero-order valence-corrected chi connectivity index (χ0v) is 9.90. The minimum absolute atomic E-state index is 0.0468. The first kappa shape index (κ1) is 14.7. The van der Waals surface area contributed by atoms with E-state index in [-0.39, 0.29) is 5.96 Å². The molecule has 0 rings (SSSR count).